The molecule has 1 aromatic rings. The van der Waals surface area contributed by atoms with Gasteiger partial charge in [0.1, 0.15) is 0 Å². The van der Waals surface area contributed by atoms with Gasteiger partial charge in [-0.1, -0.05) is 12.1 Å². The topological polar surface area (TPSA) is 89.3 Å². The molecule has 0 radical (unpaired) electrons. The van der Waals surface area contributed by atoms with Crippen molar-refractivity contribution < 1.29 is 13.2 Å². The third-order valence-electron chi connectivity index (χ3n) is 3.30. The van der Waals surface area contributed by atoms with Gasteiger partial charge in [-0.3, -0.25) is 4.79 Å². The van der Waals surface area contributed by atoms with Crippen LogP contribution in [-0.4, -0.2) is 32.4 Å². The van der Waals surface area contributed by atoms with E-state index in [0.29, 0.717) is 24.4 Å². The maximum absolute atomic E-state index is 11.3. The summed E-state index contributed by atoms with van der Waals surface area (Å²) < 4.78 is 22.6. The molecule has 1 saturated heterocycles. The van der Waals surface area contributed by atoms with Gasteiger partial charge >= 0.3 is 0 Å². The fraction of sp³-hybridized carbons (Fsp3) is 0.462. The summed E-state index contributed by atoms with van der Waals surface area (Å²) >= 11 is 0. The normalized spacial score (nSPS) is 21.4. The predicted molar refractivity (Wildman–Crippen MR) is 73.4 cm³/mol. The molecule has 0 aliphatic carbocycles. The quantitative estimate of drug-likeness (QED) is 0.813. The van der Waals surface area contributed by atoms with Crippen LogP contribution in [0.3, 0.4) is 0 Å². The molecule has 1 amide bonds. The van der Waals surface area contributed by atoms with Crippen molar-refractivity contribution in [3.05, 3.63) is 35.4 Å². The summed E-state index contributed by atoms with van der Waals surface area (Å²) in [5, 5.41) is 3.23. The van der Waals surface area contributed by atoms with Gasteiger partial charge in [0.25, 0.3) is 0 Å². The van der Waals surface area contributed by atoms with Crippen LogP contribution in [0.2, 0.25) is 0 Å². The minimum absolute atomic E-state index is 0.198. The Balaban J connectivity index is 1.83. The van der Waals surface area contributed by atoms with Crippen molar-refractivity contribution in [1.82, 2.24) is 5.32 Å². The van der Waals surface area contributed by atoms with Crippen LogP contribution in [0.5, 0.6) is 0 Å². The monoisotopic (exact) mass is 282 g/mol. The van der Waals surface area contributed by atoms with Crippen LogP contribution in [0, 0.1) is 5.92 Å². The Morgan fingerprint density at radius 2 is 2.21 bits per heavy atom. The van der Waals surface area contributed by atoms with Gasteiger partial charge < -0.3 is 11.1 Å². The van der Waals surface area contributed by atoms with Gasteiger partial charge in [-0.15, -0.1) is 0 Å². The van der Waals surface area contributed by atoms with Crippen molar-refractivity contribution in [3.63, 3.8) is 0 Å². The summed E-state index contributed by atoms with van der Waals surface area (Å²) in [5.74, 6) is 0.339. The summed E-state index contributed by atoms with van der Waals surface area (Å²) in [7, 11) is -2.81. The predicted octanol–water partition coefficient (Wildman–Crippen LogP) is 0.310. The molecule has 104 valence electrons. The Hall–Kier alpha value is -1.40. The minimum atomic E-state index is -2.81. The van der Waals surface area contributed by atoms with Crippen LogP contribution in [0.4, 0.5) is 0 Å². The first-order valence-electron chi connectivity index (χ1n) is 6.26. The lowest BCUT2D eigenvalue weighted by Gasteiger charge is -2.10. The molecule has 5 nitrogen and oxygen atoms in total. The number of carbonyl (C=O) groups is 1. The second-order valence-electron chi connectivity index (χ2n) is 4.96. The fourth-order valence-corrected chi connectivity index (χ4v) is 4.15. The lowest BCUT2D eigenvalue weighted by Crippen LogP contribution is -2.23. The SMILES string of the molecule is NC(=O)c1cccc(CNCC2CCS(=O)(=O)C2)c1. The number of hydrogen-bond donors (Lipinski definition) is 2. The van der Waals surface area contributed by atoms with Crippen molar-refractivity contribution in [2.24, 2.45) is 11.7 Å². The molecule has 6 heteroatoms. The lowest BCUT2D eigenvalue weighted by molar-refractivity contribution is 0.1000. The van der Waals surface area contributed by atoms with Gasteiger partial charge in [0.05, 0.1) is 11.5 Å². The molecule has 19 heavy (non-hydrogen) atoms. The van der Waals surface area contributed by atoms with Crippen molar-refractivity contribution in [3.8, 4) is 0 Å². The van der Waals surface area contributed by atoms with E-state index >= 15 is 0 Å². The van der Waals surface area contributed by atoms with E-state index in [9.17, 15) is 13.2 Å². The van der Waals surface area contributed by atoms with E-state index in [4.69, 9.17) is 5.73 Å². The molecular formula is C13H18N2O3S. The highest BCUT2D eigenvalue weighted by atomic mass is 32.2. The van der Waals surface area contributed by atoms with Crippen molar-refractivity contribution in [1.29, 1.82) is 0 Å². The Kier molecular flexibility index (Phi) is 4.21. The molecule has 0 spiro atoms. The molecule has 1 aliphatic heterocycles. The fourth-order valence-electron chi connectivity index (χ4n) is 2.29. The smallest absolute Gasteiger partial charge is 0.248 e. The number of primary amides is 1. The Morgan fingerprint density at radius 3 is 2.84 bits per heavy atom. The molecule has 3 N–H and O–H groups in total. The summed E-state index contributed by atoms with van der Waals surface area (Å²) in [6.07, 6.45) is 0.733. The Labute approximate surface area is 113 Å². The lowest BCUT2D eigenvalue weighted by atomic mass is 10.1. The first-order valence-corrected chi connectivity index (χ1v) is 8.08. The summed E-state index contributed by atoms with van der Waals surface area (Å²) in [4.78, 5) is 11.0. The van der Waals surface area contributed by atoms with Crippen molar-refractivity contribution >= 4 is 15.7 Å². The highest BCUT2D eigenvalue weighted by Crippen LogP contribution is 2.17. The summed E-state index contributed by atoms with van der Waals surface area (Å²) in [5.41, 5.74) is 6.67. The zero-order valence-corrected chi connectivity index (χ0v) is 11.4. The van der Waals surface area contributed by atoms with Crippen LogP contribution in [-0.2, 0) is 16.4 Å². The van der Waals surface area contributed by atoms with E-state index in [-0.39, 0.29) is 11.7 Å². The average Bonchev–Trinajstić information content (AvgIpc) is 2.69. The van der Waals surface area contributed by atoms with Gasteiger partial charge in [-0.05, 0) is 36.6 Å². The molecular weight excluding hydrogens is 264 g/mol. The zero-order chi connectivity index (χ0) is 13.9. The van der Waals surface area contributed by atoms with E-state index in [1.165, 1.54) is 0 Å². The number of rotatable bonds is 5. The Morgan fingerprint density at radius 1 is 1.42 bits per heavy atom. The number of sulfone groups is 1. The number of nitrogens with two attached hydrogens (primary N) is 1. The van der Waals surface area contributed by atoms with E-state index < -0.39 is 15.7 Å². The average molecular weight is 282 g/mol. The highest BCUT2D eigenvalue weighted by molar-refractivity contribution is 7.91. The second kappa shape index (κ2) is 5.71. The summed E-state index contributed by atoms with van der Waals surface area (Å²) in [6.45, 7) is 1.29. The Bertz CT molecular complexity index is 569. The zero-order valence-electron chi connectivity index (χ0n) is 10.6. The molecule has 1 fully saturated rings. The largest absolute Gasteiger partial charge is 0.366 e. The molecule has 2 rings (SSSR count). The molecule has 1 aromatic carbocycles. The second-order valence-corrected chi connectivity index (χ2v) is 7.19. The number of carbonyl (C=O) groups excluding carboxylic acids is 1. The van der Waals surface area contributed by atoms with Gasteiger partial charge in [0, 0.05) is 12.1 Å². The van der Waals surface area contributed by atoms with Crippen LogP contribution < -0.4 is 11.1 Å². The van der Waals surface area contributed by atoms with Crippen molar-refractivity contribution in [2.75, 3.05) is 18.1 Å². The van der Waals surface area contributed by atoms with Gasteiger partial charge in [0.2, 0.25) is 5.91 Å². The number of amides is 1. The van der Waals surface area contributed by atoms with Gasteiger partial charge in [0.15, 0.2) is 9.84 Å². The molecule has 1 heterocycles. The van der Waals surface area contributed by atoms with Crippen LogP contribution in [0.25, 0.3) is 0 Å². The number of benzene rings is 1. The van der Waals surface area contributed by atoms with Crippen LogP contribution >= 0.6 is 0 Å². The number of hydrogen-bond acceptors (Lipinski definition) is 4. The maximum atomic E-state index is 11.3. The van der Waals surface area contributed by atoms with E-state index in [1.807, 2.05) is 6.07 Å². The van der Waals surface area contributed by atoms with E-state index in [2.05, 4.69) is 5.32 Å². The standard InChI is InChI=1S/C13H18N2O3S/c14-13(16)12-3-1-2-10(6-12)7-15-8-11-4-5-19(17,18)9-11/h1-3,6,11,15H,4-5,7-9H2,(H2,14,16). The third kappa shape index (κ3) is 4.04. The maximum Gasteiger partial charge on any atom is 0.248 e. The first-order chi connectivity index (χ1) is 8.96. The first kappa shape index (κ1) is 14.0. The van der Waals surface area contributed by atoms with E-state index in [1.54, 1.807) is 18.2 Å². The number of nitrogens with one attached hydrogen (secondary N) is 1. The molecule has 1 unspecified atom stereocenters. The molecule has 1 atom stereocenters. The van der Waals surface area contributed by atoms with Crippen molar-refractivity contribution in [2.45, 2.75) is 13.0 Å². The van der Waals surface area contributed by atoms with E-state index in [0.717, 1.165) is 12.0 Å². The minimum Gasteiger partial charge on any atom is -0.366 e. The molecule has 0 aromatic heterocycles. The molecule has 0 bridgehead atoms. The van der Waals surface area contributed by atoms with Crippen LogP contribution in [0.1, 0.15) is 22.3 Å². The van der Waals surface area contributed by atoms with Crippen LogP contribution in [0.15, 0.2) is 24.3 Å². The third-order valence-corrected chi connectivity index (χ3v) is 5.14. The molecule has 0 saturated carbocycles. The highest BCUT2D eigenvalue weighted by Gasteiger charge is 2.27. The molecule has 1 aliphatic rings. The summed E-state index contributed by atoms with van der Waals surface area (Å²) in [6, 6.07) is 7.12. The van der Waals surface area contributed by atoms with Gasteiger partial charge in [-0.2, -0.15) is 0 Å². The van der Waals surface area contributed by atoms with Gasteiger partial charge in [-0.25, -0.2) is 8.42 Å².